The smallest absolute Gasteiger partial charge is 0.331 e. The van der Waals surface area contributed by atoms with E-state index in [1.165, 1.54) is 11.0 Å². The van der Waals surface area contributed by atoms with Crippen LogP contribution in [0.2, 0.25) is 0 Å². The topological polar surface area (TPSA) is 57.6 Å². The number of hydrogen-bond acceptors (Lipinski definition) is 2. The summed E-state index contributed by atoms with van der Waals surface area (Å²) in [5.74, 6) is -0.880. The van der Waals surface area contributed by atoms with Crippen LogP contribution in [0.15, 0.2) is 17.9 Å². The molecule has 94 valence electrons. The molecule has 0 unspecified atom stereocenters. The second-order valence-corrected chi connectivity index (χ2v) is 4.80. The van der Waals surface area contributed by atoms with Crippen LogP contribution in [0.25, 0.3) is 0 Å². The summed E-state index contributed by atoms with van der Waals surface area (Å²) in [7, 11) is 0. The Hall–Kier alpha value is -1.54. The highest BCUT2D eigenvalue weighted by Gasteiger charge is 2.32. The van der Waals surface area contributed by atoms with E-state index in [0.717, 1.165) is 0 Å². The maximum atomic E-state index is 12.1. The lowest BCUT2D eigenvalue weighted by atomic mass is 10.1. The molecule has 0 aromatic heterocycles. The van der Waals surface area contributed by atoms with Crippen molar-refractivity contribution in [2.24, 2.45) is 5.92 Å². The Kier molecular flexibility index (Phi) is 4.53. The SMILES string of the molecule is CC(C)CC(=O)N1[C@@H](C)CC=C=C[C@H]1C(=O)O. The van der Waals surface area contributed by atoms with Crippen molar-refractivity contribution in [1.29, 1.82) is 0 Å². The number of hydrogen-bond donors (Lipinski definition) is 1. The second-order valence-electron chi connectivity index (χ2n) is 4.80. The minimum Gasteiger partial charge on any atom is -0.479 e. The normalized spacial score (nSPS) is 23.9. The third kappa shape index (κ3) is 3.46. The fourth-order valence-electron chi connectivity index (χ4n) is 1.91. The molecule has 0 fully saturated rings. The first-order valence-electron chi connectivity index (χ1n) is 5.88. The summed E-state index contributed by atoms with van der Waals surface area (Å²) >= 11 is 0. The predicted octanol–water partition coefficient (Wildman–Crippen LogP) is 1.82. The predicted molar refractivity (Wildman–Crippen MR) is 64.5 cm³/mol. The van der Waals surface area contributed by atoms with E-state index >= 15 is 0 Å². The Morgan fingerprint density at radius 2 is 2.18 bits per heavy atom. The van der Waals surface area contributed by atoms with Crippen LogP contribution < -0.4 is 0 Å². The molecule has 0 saturated carbocycles. The summed E-state index contributed by atoms with van der Waals surface area (Å²) in [6.07, 6.45) is 4.25. The van der Waals surface area contributed by atoms with Gasteiger partial charge < -0.3 is 10.0 Å². The van der Waals surface area contributed by atoms with Crippen molar-refractivity contribution in [3.05, 3.63) is 17.9 Å². The van der Waals surface area contributed by atoms with E-state index in [1.807, 2.05) is 20.8 Å². The maximum Gasteiger partial charge on any atom is 0.331 e. The van der Waals surface area contributed by atoms with Gasteiger partial charge in [-0.3, -0.25) is 4.79 Å². The van der Waals surface area contributed by atoms with Crippen molar-refractivity contribution < 1.29 is 14.7 Å². The van der Waals surface area contributed by atoms with Crippen molar-refractivity contribution in [1.82, 2.24) is 4.90 Å². The van der Waals surface area contributed by atoms with E-state index in [-0.39, 0.29) is 17.9 Å². The van der Waals surface area contributed by atoms with Crippen molar-refractivity contribution in [2.45, 2.75) is 45.7 Å². The summed E-state index contributed by atoms with van der Waals surface area (Å²) in [6, 6.07) is -0.997. The van der Waals surface area contributed by atoms with E-state index in [1.54, 1.807) is 6.08 Å². The average Bonchev–Trinajstić information content (AvgIpc) is 2.38. The molecule has 4 heteroatoms. The van der Waals surface area contributed by atoms with Gasteiger partial charge in [0.05, 0.1) is 0 Å². The van der Waals surface area contributed by atoms with E-state index in [4.69, 9.17) is 5.11 Å². The summed E-state index contributed by atoms with van der Waals surface area (Å²) in [5, 5.41) is 9.16. The third-order valence-electron chi connectivity index (χ3n) is 2.73. The summed E-state index contributed by atoms with van der Waals surface area (Å²) in [5.41, 5.74) is 2.82. The molecule has 0 saturated heterocycles. The second kappa shape index (κ2) is 5.69. The number of carbonyl (C=O) groups is 2. The minimum atomic E-state index is -1.00. The number of amides is 1. The fraction of sp³-hybridized carbons (Fsp3) is 0.615. The first-order valence-corrected chi connectivity index (χ1v) is 5.88. The molecule has 0 bridgehead atoms. The quantitative estimate of drug-likeness (QED) is 0.762. The van der Waals surface area contributed by atoms with Gasteiger partial charge in [0.2, 0.25) is 5.91 Å². The highest BCUT2D eigenvalue weighted by Crippen LogP contribution is 2.17. The van der Waals surface area contributed by atoms with E-state index < -0.39 is 12.0 Å². The molecular formula is C13H19NO3. The number of aliphatic carboxylic acids is 1. The van der Waals surface area contributed by atoms with Crippen molar-refractivity contribution in [3.63, 3.8) is 0 Å². The molecule has 1 heterocycles. The van der Waals surface area contributed by atoms with Crippen LogP contribution in [0, 0.1) is 5.92 Å². The number of carboxylic acids is 1. The Labute approximate surface area is 102 Å². The van der Waals surface area contributed by atoms with Gasteiger partial charge in [-0.1, -0.05) is 13.8 Å². The highest BCUT2D eigenvalue weighted by atomic mass is 16.4. The monoisotopic (exact) mass is 237 g/mol. The molecule has 1 N–H and O–H groups in total. The molecule has 0 spiro atoms. The Morgan fingerprint density at radius 1 is 1.53 bits per heavy atom. The Morgan fingerprint density at radius 3 is 2.71 bits per heavy atom. The van der Waals surface area contributed by atoms with Crippen LogP contribution in [0.4, 0.5) is 0 Å². The van der Waals surface area contributed by atoms with E-state index in [9.17, 15) is 9.59 Å². The summed E-state index contributed by atoms with van der Waals surface area (Å²) in [4.78, 5) is 24.7. The summed E-state index contributed by atoms with van der Waals surface area (Å²) < 4.78 is 0. The fourth-order valence-corrected chi connectivity index (χ4v) is 1.91. The third-order valence-corrected chi connectivity index (χ3v) is 2.73. The largest absolute Gasteiger partial charge is 0.479 e. The average molecular weight is 237 g/mol. The van der Waals surface area contributed by atoms with Crippen LogP contribution >= 0.6 is 0 Å². The van der Waals surface area contributed by atoms with Crippen LogP contribution in [0.1, 0.15) is 33.6 Å². The van der Waals surface area contributed by atoms with Crippen LogP contribution in [0.3, 0.4) is 0 Å². The van der Waals surface area contributed by atoms with E-state index in [0.29, 0.717) is 12.8 Å². The van der Waals surface area contributed by atoms with Gasteiger partial charge >= 0.3 is 5.97 Å². The molecule has 1 aliphatic rings. The number of rotatable bonds is 3. The molecule has 0 aromatic rings. The first-order chi connectivity index (χ1) is 7.93. The molecule has 2 atom stereocenters. The number of carbonyl (C=O) groups excluding carboxylic acids is 1. The maximum absolute atomic E-state index is 12.1. The molecular weight excluding hydrogens is 218 g/mol. The molecule has 0 radical (unpaired) electrons. The van der Waals surface area contributed by atoms with Gasteiger partial charge in [0.15, 0.2) is 6.04 Å². The van der Waals surface area contributed by atoms with Gasteiger partial charge in [0.1, 0.15) is 0 Å². The Bertz CT molecular complexity index is 367. The van der Waals surface area contributed by atoms with Crippen molar-refractivity contribution >= 4 is 11.9 Å². The van der Waals surface area contributed by atoms with Gasteiger partial charge in [-0.05, 0) is 31.4 Å². The van der Waals surface area contributed by atoms with Crippen molar-refractivity contribution in [3.8, 4) is 0 Å². The Balaban J connectivity index is 2.94. The molecule has 17 heavy (non-hydrogen) atoms. The van der Waals surface area contributed by atoms with Crippen LogP contribution in [-0.2, 0) is 9.59 Å². The summed E-state index contributed by atoms with van der Waals surface area (Å²) in [6.45, 7) is 5.76. The number of carboxylic acid groups (broad SMARTS) is 1. The van der Waals surface area contributed by atoms with Gasteiger partial charge in [-0.2, -0.15) is 0 Å². The zero-order chi connectivity index (χ0) is 13.0. The lowest BCUT2D eigenvalue weighted by molar-refractivity contribution is -0.150. The molecule has 0 aromatic carbocycles. The molecule has 4 nitrogen and oxygen atoms in total. The zero-order valence-electron chi connectivity index (χ0n) is 10.5. The standard InChI is InChI=1S/C13H19NO3/c1-9(2)8-12(15)14-10(3)6-4-5-7-11(14)13(16)17/h4,7,9-11H,6,8H2,1-3H3,(H,16,17)/t10-,11-/m0/s1. The molecule has 0 aliphatic carbocycles. The molecule has 1 amide bonds. The first kappa shape index (κ1) is 13.5. The van der Waals surface area contributed by atoms with Crippen LogP contribution in [0.5, 0.6) is 0 Å². The minimum absolute atomic E-state index is 0.103. The van der Waals surface area contributed by atoms with Gasteiger partial charge in [-0.15, -0.1) is 5.73 Å². The lowest BCUT2D eigenvalue weighted by Gasteiger charge is -2.31. The van der Waals surface area contributed by atoms with Gasteiger partial charge in [0, 0.05) is 12.5 Å². The van der Waals surface area contributed by atoms with Crippen LogP contribution in [-0.4, -0.2) is 34.0 Å². The zero-order valence-corrected chi connectivity index (χ0v) is 10.5. The van der Waals surface area contributed by atoms with Gasteiger partial charge in [0.25, 0.3) is 0 Å². The molecule has 1 aliphatic heterocycles. The lowest BCUT2D eigenvalue weighted by Crippen LogP contribution is -2.48. The number of nitrogens with zero attached hydrogens (tertiary/aromatic N) is 1. The highest BCUT2D eigenvalue weighted by molar-refractivity contribution is 5.85. The molecule has 1 rings (SSSR count). The van der Waals surface area contributed by atoms with E-state index in [2.05, 4.69) is 5.73 Å². The van der Waals surface area contributed by atoms with Gasteiger partial charge in [-0.25, -0.2) is 4.79 Å². The van der Waals surface area contributed by atoms with Crippen molar-refractivity contribution in [2.75, 3.05) is 0 Å².